The molecule has 1 amide bonds. The van der Waals surface area contributed by atoms with Crippen molar-refractivity contribution in [2.24, 2.45) is 0 Å². The van der Waals surface area contributed by atoms with Crippen LogP contribution in [0.3, 0.4) is 0 Å². The maximum absolute atomic E-state index is 13.3. The topological polar surface area (TPSA) is 57.7 Å². The van der Waals surface area contributed by atoms with Gasteiger partial charge < -0.3 is 4.90 Å². The van der Waals surface area contributed by atoms with Crippen LogP contribution in [0.2, 0.25) is 0 Å². The second kappa shape index (κ2) is 9.87. The minimum atomic E-state index is -3.80. The van der Waals surface area contributed by atoms with E-state index >= 15 is 0 Å². The third-order valence-electron chi connectivity index (χ3n) is 5.20. The van der Waals surface area contributed by atoms with Gasteiger partial charge in [-0.15, -0.1) is 0 Å². The predicted octanol–water partition coefficient (Wildman–Crippen LogP) is 4.35. The van der Waals surface area contributed by atoms with Gasteiger partial charge in [0.15, 0.2) is 0 Å². The van der Waals surface area contributed by atoms with Crippen molar-refractivity contribution in [1.82, 2.24) is 9.21 Å². The summed E-state index contributed by atoms with van der Waals surface area (Å²) >= 11 is 3.34. The van der Waals surface area contributed by atoms with E-state index in [2.05, 4.69) is 15.9 Å². The number of likely N-dealkylation sites (tertiary alicyclic amines) is 1. The van der Waals surface area contributed by atoms with Crippen molar-refractivity contribution in [1.29, 1.82) is 0 Å². The van der Waals surface area contributed by atoms with Gasteiger partial charge in [-0.1, -0.05) is 58.6 Å². The molecular formula is C22H27BrN2O3S. The maximum atomic E-state index is 13.3. The molecule has 0 spiro atoms. The van der Waals surface area contributed by atoms with Gasteiger partial charge >= 0.3 is 0 Å². The van der Waals surface area contributed by atoms with Crippen LogP contribution in [-0.2, 0) is 21.4 Å². The van der Waals surface area contributed by atoms with E-state index in [1.807, 2.05) is 36.1 Å². The Hall–Kier alpha value is -1.70. The molecule has 7 heteroatoms. The fourth-order valence-electron chi connectivity index (χ4n) is 3.45. The lowest BCUT2D eigenvalue weighted by Crippen LogP contribution is -2.43. The molecule has 29 heavy (non-hydrogen) atoms. The summed E-state index contributed by atoms with van der Waals surface area (Å²) in [6.45, 7) is 3.42. The van der Waals surface area contributed by atoms with Gasteiger partial charge in [0.2, 0.25) is 15.9 Å². The lowest BCUT2D eigenvalue weighted by atomic mass is 10.1. The van der Waals surface area contributed by atoms with E-state index in [4.69, 9.17) is 0 Å². The van der Waals surface area contributed by atoms with E-state index in [9.17, 15) is 13.2 Å². The second-order valence-electron chi connectivity index (χ2n) is 7.51. The third-order valence-corrected chi connectivity index (χ3v) is 7.54. The van der Waals surface area contributed by atoms with Crippen molar-refractivity contribution in [2.75, 3.05) is 19.6 Å². The summed E-state index contributed by atoms with van der Waals surface area (Å²) in [5, 5.41) is 0. The molecule has 0 aliphatic carbocycles. The molecule has 0 N–H and O–H groups in total. The summed E-state index contributed by atoms with van der Waals surface area (Å²) in [6.07, 6.45) is 4.19. The molecule has 0 saturated carbocycles. The Kier molecular flexibility index (Phi) is 7.49. The first-order valence-electron chi connectivity index (χ1n) is 9.95. The highest BCUT2D eigenvalue weighted by molar-refractivity contribution is 9.10. The lowest BCUT2D eigenvalue weighted by Gasteiger charge is -2.26. The van der Waals surface area contributed by atoms with Crippen LogP contribution in [0, 0.1) is 6.92 Å². The first-order valence-corrected chi connectivity index (χ1v) is 12.2. The van der Waals surface area contributed by atoms with Crippen LogP contribution in [0.1, 0.15) is 36.8 Å². The molecule has 0 radical (unpaired) electrons. The molecule has 1 aliphatic heterocycles. The molecular weight excluding hydrogens is 452 g/mol. The van der Waals surface area contributed by atoms with Gasteiger partial charge in [-0.2, -0.15) is 4.31 Å². The molecule has 0 bridgehead atoms. The van der Waals surface area contributed by atoms with Crippen LogP contribution in [0.4, 0.5) is 0 Å². The third kappa shape index (κ3) is 5.90. The number of hydrogen-bond acceptors (Lipinski definition) is 3. The van der Waals surface area contributed by atoms with Gasteiger partial charge in [0.1, 0.15) is 0 Å². The molecule has 0 atom stereocenters. The van der Waals surface area contributed by atoms with Crippen molar-refractivity contribution < 1.29 is 13.2 Å². The summed E-state index contributed by atoms with van der Waals surface area (Å²) in [6, 6.07) is 14.3. The zero-order valence-corrected chi connectivity index (χ0v) is 19.1. The number of carbonyl (C=O) groups excluding carboxylic acids is 1. The van der Waals surface area contributed by atoms with Crippen LogP contribution < -0.4 is 0 Å². The van der Waals surface area contributed by atoms with E-state index < -0.39 is 10.0 Å². The highest BCUT2D eigenvalue weighted by Crippen LogP contribution is 2.22. The number of aryl methyl sites for hydroxylation is 1. The van der Waals surface area contributed by atoms with Crippen molar-refractivity contribution in [2.45, 2.75) is 44.0 Å². The van der Waals surface area contributed by atoms with Gasteiger partial charge in [0, 0.05) is 24.1 Å². The Labute approximate surface area is 181 Å². The Morgan fingerprint density at radius 2 is 1.55 bits per heavy atom. The number of hydrogen-bond donors (Lipinski definition) is 0. The van der Waals surface area contributed by atoms with Gasteiger partial charge in [-0.25, -0.2) is 8.42 Å². The van der Waals surface area contributed by atoms with Crippen molar-refractivity contribution in [3.8, 4) is 0 Å². The number of nitrogens with zero attached hydrogens (tertiary/aromatic N) is 2. The van der Waals surface area contributed by atoms with Gasteiger partial charge in [0.05, 0.1) is 11.4 Å². The quantitative estimate of drug-likeness (QED) is 0.619. The second-order valence-corrected chi connectivity index (χ2v) is 10.4. The molecule has 1 heterocycles. The smallest absolute Gasteiger partial charge is 0.243 e. The predicted molar refractivity (Wildman–Crippen MR) is 118 cm³/mol. The molecule has 2 aromatic rings. The van der Waals surface area contributed by atoms with Crippen LogP contribution in [0.25, 0.3) is 0 Å². The number of rotatable bonds is 6. The summed E-state index contributed by atoms with van der Waals surface area (Å²) < 4.78 is 28.8. The molecule has 0 unspecified atom stereocenters. The molecule has 0 aromatic heterocycles. The summed E-state index contributed by atoms with van der Waals surface area (Å²) in [5.74, 6) is -0.125. The minimum Gasteiger partial charge on any atom is -0.342 e. The summed E-state index contributed by atoms with van der Waals surface area (Å²) in [7, 11) is -3.80. The van der Waals surface area contributed by atoms with Gasteiger partial charge in [-0.3, -0.25) is 4.79 Å². The summed E-state index contributed by atoms with van der Waals surface area (Å²) in [4.78, 5) is 15.0. The average molecular weight is 479 g/mol. The highest BCUT2D eigenvalue weighted by atomic mass is 79.9. The van der Waals surface area contributed by atoms with Crippen LogP contribution in [-0.4, -0.2) is 43.2 Å². The Morgan fingerprint density at radius 1 is 0.966 bits per heavy atom. The average Bonchev–Trinajstić information content (AvgIpc) is 2.99. The van der Waals surface area contributed by atoms with E-state index in [1.54, 1.807) is 24.3 Å². The summed E-state index contributed by atoms with van der Waals surface area (Å²) in [5.41, 5.74) is 1.97. The molecule has 1 fully saturated rings. The maximum Gasteiger partial charge on any atom is 0.243 e. The van der Waals surface area contributed by atoms with E-state index in [-0.39, 0.29) is 23.9 Å². The monoisotopic (exact) mass is 478 g/mol. The number of halogens is 1. The van der Waals surface area contributed by atoms with Crippen molar-refractivity contribution in [3.63, 3.8) is 0 Å². The van der Waals surface area contributed by atoms with Crippen molar-refractivity contribution in [3.05, 3.63) is 64.1 Å². The number of amides is 1. The minimum absolute atomic E-state index is 0.125. The fraction of sp³-hybridized carbons (Fsp3) is 0.409. The van der Waals surface area contributed by atoms with Crippen LogP contribution >= 0.6 is 15.9 Å². The van der Waals surface area contributed by atoms with Crippen LogP contribution in [0.5, 0.6) is 0 Å². The molecule has 1 saturated heterocycles. The SMILES string of the molecule is Cc1ccc(CN(CC(=O)N2CCCCCC2)S(=O)(=O)c2ccc(Br)cc2)cc1. The molecule has 3 rings (SSSR count). The zero-order chi connectivity index (χ0) is 20.9. The normalized spacial score (nSPS) is 15.3. The Bertz CT molecular complexity index is 920. The van der Waals surface area contributed by atoms with E-state index in [1.165, 1.54) is 4.31 Å². The first-order chi connectivity index (χ1) is 13.9. The number of carbonyl (C=O) groups is 1. The first kappa shape index (κ1) is 22.0. The molecule has 1 aliphatic rings. The number of benzene rings is 2. The van der Waals surface area contributed by atoms with Crippen LogP contribution in [0.15, 0.2) is 57.9 Å². The van der Waals surface area contributed by atoms with Gasteiger partial charge in [0.25, 0.3) is 0 Å². The molecule has 2 aromatic carbocycles. The number of sulfonamides is 1. The Morgan fingerprint density at radius 3 is 2.14 bits per heavy atom. The molecule has 156 valence electrons. The molecule has 5 nitrogen and oxygen atoms in total. The van der Waals surface area contributed by atoms with Gasteiger partial charge in [-0.05, 0) is 49.6 Å². The van der Waals surface area contributed by atoms with Crippen molar-refractivity contribution >= 4 is 31.9 Å². The Balaban J connectivity index is 1.86. The fourth-order valence-corrected chi connectivity index (χ4v) is 5.09. The highest BCUT2D eigenvalue weighted by Gasteiger charge is 2.29. The zero-order valence-electron chi connectivity index (χ0n) is 16.7. The van der Waals surface area contributed by atoms with E-state index in [0.29, 0.717) is 13.1 Å². The van der Waals surface area contributed by atoms with E-state index in [0.717, 1.165) is 41.3 Å². The standard InChI is InChI=1S/C22H27BrN2O3S/c1-18-6-8-19(9-7-18)16-25(17-22(26)24-14-4-2-3-5-15-24)29(27,28)21-12-10-20(23)11-13-21/h6-13H,2-5,14-17H2,1H3. The largest absolute Gasteiger partial charge is 0.342 e. The lowest BCUT2D eigenvalue weighted by molar-refractivity contribution is -0.131.